The van der Waals surface area contributed by atoms with E-state index in [1.165, 1.54) is 4.90 Å². The van der Waals surface area contributed by atoms with Gasteiger partial charge in [0.25, 0.3) is 5.91 Å². The number of alkyl halides is 3. The first-order valence-electron chi connectivity index (χ1n) is 13.9. The maximum absolute atomic E-state index is 13.6. The van der Waals surface area contributed by atoms with Crippen LogP contribution in [0.4, 0.5) is 23.7 Å². The molecule has 4 rings (SSSR count). The number of halogens is 3. The Labute approximate surface area is 237 Å². The molecule has 41 heavy (non-hydrogen) atoms. The molecule has 2 atom stereocenters. The molecular formula is C28H37F3N6O4. The number of carbonyl (C=O) groups excluding carboxylic acids is 2. The third-order valence-corrected chi connectivity index (χ3v) is 7.36. The summed E-state index contributed by atoms with van der Waals surface area (Å²) >= 11 is 0. The fraction of sp³-hybridized carbons (Fsp3) is 0.571. The second kappa shape index (κ2) is 12.5. The number of pyridine rings is 2. The van der Waals surface area contributed by atoms with Gasteiger partial charge in [-0.3, -0.25) is 4.79 Å². The van der Waals surface area contributed by atoms with E-state index in [-0.39, 0.29) is 43.3 Å². The van der Waals surface area contributed by atoms with E-state index in [2.05, 4.69) is 15.6 Å². The number of hydrogen-bond acceptors (Lipinski definition) is 8. The van der Waals surface area contributed by atoms with Crippen LogP contribution < -0.4 is 20.3 Å². The summed E-state index contributed by atoms with van der Waals surface area (Å²) in [4.78, 5) is 38.7. The molecule has 2 aromatic rings. The van der Waals surface area contributed by atoms with Crippen LogP contribution in [-0.2, 0) is 4.74 Å². The molecule has 2 aliphatic rings. The van der Waals surface area contributed by atoms with Crippen LogP contribution in [0, 0.1) is 0 Å². The number of aromatic nitrogens is 2. The van der Waals surface area contributed by atoms with E-state index >= 15 is 0 Å². The number of anilines is 1. The van der Waals surface area contributed by atoms with Gasteiger partial charge in [0.15, 0.2) is 5.69 Å². The van der Waals surface area contributed by atoms with Crippen LogP contribution in [0.5, 0.6) is 5.88 Å². The monoisotopic (exact) mass is 578 g/mol. The van der Waals surface area contributed by atoms with Gasteiger partial charge in [-0.25, -0.2) is 14.8 Å². The topological polar surface area (TPSA) is 109 Å². The van der Waals surface area contributed by atoms with E-state index in [0.29, 0.717) is 42.4 Å². The Bertz CT molecular complexity index is 1240. The van der Waals surface area contributed by atoms with Crippen molar-refractivity contribution < 1.29 is 32.2 Å². The molecule has 0 aliphatic carbocycles. The van der Waals surface area contributed by atoms with E-state index < -0.39 is 17.9 Å². The second-order valence-corrected chi connectivity index (χ2v) is 10.6. The molecule has 0 unspecified atom stereocenters. The fourth-order valence-electron chi connectivity index (χ4n) is 4.90. The van der Waals surface area contributed by atoms with Gasteiger partial charge in [-0.1, -0.05) is 6.92 Å². The number of hydrogen-bond donors (Lipinski definition) is 2. The lowest BCUT2D eigenvalue weighted by molar-refractivity contribution is -0.246. The number of amides is 2. The zero-order chi connectivity index (χ0) is 29.8. The minimum Gasteiger partial charge on any atom is -0.477 e. The second-order valence-electron chi connectivity index (χ2n) is 10.6. The SMILES string of the molecule is CCOc1ncccc1-c1ccc(N2CCN(C(=O)OC(C)(C)C(F)(F)F)C[C@H]2CC)c(C(=O)N[C@@H]2CCNC2)n1. The van der Waals surface area contributed by atoms with Crippen molar-refractivity contribution in [2.75, 3.05) is 44.2 Å². The van der Waals surface area contributed by atoms with Crippen molar-refractivity contribution >= 4 is 17.7 Å². The highest BCUT2D eigenvalue weighted by Gasteiger charge is 2.51. The van der Waals surface area contributed by atoms with Crippen LogP contribution in [0.25, 0.3) is 11.3 Å². The molecule has 10 nitrogen and oxygen atoms in total. The minimum atomic E-state index is -4.70. The van der Waals surface area contributed by atoms with Gasteiger partial charge in [0.05, 0.1) is 23.6 Å². The van der Waals surface area contributed by atoms with Gasteiger partial charge in [0.2, 0.25) is 11.5 Å². The van der Waals surface area contributed by atoms with Crippen LogP contribution in [0.1, 0.15) is 51.0 Å². The summed E-state index contributed by atoms with van der Waals surface area (Å²) < 4.78 is 50.5. The lowest BCUT2D eigenvalue weighted by Crippen LogP contribution is -2.57. The fourth-order valence-corrected chi connectivity index (χ4v) is 4.90. The number of ether oxygens (including phenoxy) is 2. The van der Waals surface area contributed by atoms with Crippen molar-refractivity contribution in [3.63, 3.8) is 0 Å². The molecule has 2 fully saturated rings. The summed E-state index contributed by atoms with van der Waals surface area (Å²) in [6, 6.07) is 6.88. The first kappa shape index (κ1) is 30.4. The molecule has 0 spiro atoms. The van der Waals surface area contributed by atoms with Gasteiger partial charge < -0.3 is 29.9 Å². The molecule has 224 valence electrons. The Kier molecular flexibility index (Phi) is 9.25. The molecule has 0 saturated carbocycles. The van der Waals surface area contributed by atoms with E-state index in [0.717, 1.165) is 26.8 Å². The third-order valence-electron chi connectivity index (χ3n) is 7.36. The van der Waals surface area contributed by atoms with Gasteiger partial charge in [-0.05, 0) is 64.4 Å². The summed E-state index contributed by atoms with van der Waals surface area (Å²) in [6.45, 7) is 7.84. The van der Waals surface area contributed by atoms with E-state index in [4.69, 9.17) is 14.5 Å². The predicted molar refractivity (Wildman–Crippen MR) is 147 cm³/mol. The molecule has 0 aromatic carbocycles. The van der Waals surface area contributed by atoms with Crippen LogP contribution in [0.2, 0.25) is 0 Å². The standard InChI is InChI=1S/C28H37F3N6O4/c1-5-19-17-36(26(39)41-27(3,4)28(29,30)31)14-15-37(19)22-10-9-21(20-8-7-12-33-25(20)40-6-2)35-23(22)24(38)34-18-11-13-32-16-18/h7-10,12,18-19,32H,5-6,11,13-17H2,1-4H3,(H,34,38)/t18-,19-/m1/s1. The molecule has 0 radical (unpaired) electrons. The van der Waals surface area contributed by atoms with Crippen LogP contribution in [-0.4, -0.2) is 90.1 Å². The number of nitrogens with zero attached hydrogens (tertiary/aromatic N) is 4. The first-order chi connectivity index (χ1) is 19.4. The lowest BCUT2D eigenvalue weighted by Gasteiger charge is -2.43. The van der Waals surface area contributed by atoms with E-state index in [1.807, 2.05) is 30.9 Å². The lowest BCUT2D eigenvalue weighted by atomic mass is 10.1. The van der Waals surface area contributed by atoms with Crippen molar-refractivity contribution in [3.05, 3.63) is 36.2 Å². The van der Waals surface area contributed by atoms with Crippen molar-refractivity contribution in [2.24, 2.45) is 0 Å². The molecule has 4 heterocycles. The van der Waals surface area contributed by atoms with Crippen molar-refractivity contribution in [3.8, 4) is 17.1 Å². The Hall–Kier alpha value is -3.61. The summed E-state index contributed by atoms with van der Waals surface area (Å²) in [5.41, 5.74) is -0.660. The zero-order valence-electron chi connectivity index (χ0n) is 23.8. The quantitative estimate of drug-likeness (QED) is 0.484. The average Bonchev–Trinajstić information content (AvgIpc) is 3.45. The molecule has 2 aromatic heterocycles. The highest BCUT2D eigenvalue weighted by molar-refractivity contribution is 5.99. The van der Waals surface area contributed by atoms with E-state index in [1.54, 1.807) is 18.3 Å². The smallest absolute Gasteiger partial charge is 0.427 e. The van der Waals surface area contributed by atoms with Gasteiger partial charge in [0, 0.05) is 44.5 Å². The van der Waals surface area contributed by atoms with Gasteiger partial charge in [0.1, 0.15) is 0 Å². The predicted octanol–water partition coefficient (Wildman–Crippen LogP) is 4.01. The van der Waals surface area contributed by atoms with Gasteiger partial charge in [-0.2, -0.15) is 13.2 Å². The molecule has 2 N–H and O–H groups in total. The molecule has 13 heteroatoms. The minimum absolute atomic E-state index is 0.0382. The summed E-state index contributed by atoms with van der Waals surface area (Å²) in [5, 5.41) is 6.30. The first-order valence-corrected chi connectivity index (χ1v) is 13.9. The third kappa shape index (κ3) is 6.83. The van der Waals surface area contributed by atoms with Crippen molar-refractivity contribution in [1.82, 2.24) is 25.5 Å². The Morgan fingerprint density at radius 1 is 1.17 bits per heavy atom. The Morgan fingerprint density at radius 2 is 1.95 bits per heavy atom. The Balaban J connectivity index is 1.63. The number of rotatable bonds is 8. The average molecular weight is 579 g/mol. The van der Waals surface area contributed by atoms with Crippen LogP contribution in [0.3, 0.4) is 0 Å². The van der Waals surface area contributed by atoms with Crippen LogP contribution in [0.15, 0.2) is 30.5 Å². The highest BCUT2D eigenvalue weighted by Crippen LogP contribution is 2.35. The molecule has 2 amide bonds. The molecular weight excluding hydrogens is 541 g/mol. The maximum atomic E-state index is 13.6. The molecule has 2 saturated heterocycles. The normalized spacial score (nSPS) is 19.7. The summed E-state index contributed by atoms with van der Waals surface area (Å²) in [5.74, 6) is 0.0722. The van der Waals surface area contributed by atoms with Gasteiger partial charge in [-0.15, -0.1) is 0 Å². The molecule has 2 aliphatic heterocycles. The van der Waals surface area contributed by atoms with E-state index in [9.17, 15) is 22.8 Å². The maximum Gasteiger partial charge on any atom is 0.427 e. The number of piperazine rings is 1. The highest BCUT2D eigenvalue weighted by atomic mass is 19.4. The van der Waals surface area contributed by atoms with Crippen molar-refractivity contribution in [2.45, 2.75) is 64.4 Å². The number of nitrogens with one attached hydrogen (secondary N) is 2. The largest absolute Gasteiger partial charge is 0.477 e. The molecule has 0 bridgehead atoms. The summed E-state index contributed by atoms with van der Waals surface area (Å²) in [6.07, 6.45) is -2.74. The van der Waals surface area contributed by atoms with Crippen LogP contribution >= 0.6 is 0 Å². The Morgan fingerprint density at radius 3 is 2.61 bits per heavy atom. The van der Waals surface area contributed by atoms with Crippen molar-refractivity contribution in [1.29, 1.82) is 0 Å². The zero-order valence-corrected chi connectivity index (χ0v) is 23.8. The van der Waals surface area contributed by atoms with Gasteiger partial charge >= 0.3 is 12.3 Å². The summed E-state index contributed by atoms with van der Waals surface area (Å²) in [7, 11) is 0. The number of carbonyl (C=O) groups is 2.